The van der Waals surface area contributed by atoms with E-state index in [4.69, 9.17) is 4.42 Å². The molecule has 1 aromatic carbocycles. The highest BCUT2D eigenvalue weighted by Crippen LogP contribution is 2.29. The third-order valence-electron chi connectivity index (χ3n) is 3.49. The van der Waals surface area contributed by atoms with Crippen LogP contribution in [0.5, 0.6) is 0 Å². The molecule has 0 aliphatic heterocycles. The maximum atomic E-state index is 12.6. The Balaban J connectivity index is 2.16. The third kappa shape index (κ3) is 5.10. The highest BCUT2D eigenvalue weighted by atomic mass is 19.4. The molecule has 0 radical (unpaired) electrons. The minimum atomic E-state index is -4.47. The lowest BCUT2D eigenvalue weighted by atomic mass is 10.1. The molecule has 25 heavy (non-hydrogen) atoms. The molecule has 0 saturated carbocycles. The van der Waals surface area contributed by atoms with Crippen LogP contribution in [0.2, 0.25) is 0 Å². The normalized spacial score (nSPS) is 11.2. The Bertz CT molecular complexity index is 708. The summed E-state index contributed by atoms with van der Waals surface area (Å²) in [4.78, 5) is 25.2. The summed E-state index contributed by atoms with van der Waals surface area (Å²) in [5, 5.41) is 0. The van der Waals surface area contributed by atoms with E-state index in [0.29, 0.717) is 5.76 Å². The van der Waals surface area contributed by atoms with Crippen LogP contribution in [-0.4, -0.2) is 30.4 Å². The maximum Gasteiger partial charge on any atom is 0.416 e. The molecule has 0 saturated heterocycles. The molecule has 0 aliphatic rings. The summed E-state index contributed by atoms with van der Waals surface area (Å²) < 4.78 is 47.6. The summed E-state index contributed by atoms with van der Waals surface area (Å²) in [7, 11) is 1.23. The molecule has 0 bridgehead atoms. The van der Waals surface area contributed by atoms with E-state index in [1.807, 2.05) is 0 Å². The van der Waals surface area contributed by atoms with E-state index in [2.05, 4.69) is 4.74 Å². The van der Waals surface area contributed by atoms with Gasteiger partial charge < -0.3 is 14.1 Å². The number of hydrogen-bond donors (Lipinski definition) is 0. The van der Waals surface area contributed by atoms with Gasteiger partial charge in [0.05, 0.1) is 31.9 Å². The second-order valence-electron chi connectivity index (χ2n) is 5.21. The SMILES string of the molecule is COC(=O)CCN(Cc1ccco1)C(=O)c1ccc(C(F)(F)F)cc1. The first-order valence-electron chi connectivity index (χ1n) is 7.37. The fraction of sp³-hybridized carbons (Fsp3) is 0.294. The number of nitrogens with zero attached hydrogens (tertiary/aromatic N) is 1. The Hall–Kier alpha value is -2.77. The topological polar surface area (TPSA) is 59.8 Å². The van der Waals surface area contributed by atoms with Gasteiger partial charge in [-0.2, -0.15) is 13.2 Å². The maximum absolute atomic E-state index is 12.6. The summed E-state index contributed by atoms with van der Waals surface area (Å²) in [6, 6.07) is 7.22. The molecule has 2 aromatic rings. The lowest BCUT2D eigenvalue weighted by molar-refractivity contribution is -0.141. The van der Waals surface area contributed by atoms with Crippen LogP contribution < -0.4 is 0 Å². The van der Waals surface area contributed by atoms with Crippen molar-refractivity contribution in [3.8, 4) is 0 Å². The Labute approximate surface area is 142 Å². The molecule has 2 rings (SSSR count). The Morgan fingerprint density at radius 1 is 1.16 bits per heavy atom. The van der Waals surface area contributed by atoms with Gasteiger partial charge >= 0.3 is 12.1 Å². The van der Waals surface area contributed by atoms with E-state index in [-0.39, 0.29) is 25.1 Å². The fourth-order valence-electron chi connectivity index (χ4n) is 2.16. The first kappa shape index (κ1) is 18.6. The first-order valence-corrected chi connectivity index (χ1v) is 7.37. The van der Waals surface area contributed by atoms with Crippen LogP contribution in [0.1, 0.15) is 28.1 Å². The Kier molecular flexibility index (Phi) is 5.84. The number of carbonyl (C=O) groups excluding carboxylic acids is 2. The molecular formula is C17H16F3NO4. The second-order valence-corrected chi connectivity index (χ2v) is 5.21. The van der Waals surface area contributed by atoms with Gasteiger partial charge in [-0.25, -0.2) is 0 Å². The van der Waals surface area contributed by atoms with Crippen molar-refractivity contribution in [1.29, 1.82) is 0 Å². The number of alkyl halides is 3. The molecule has 0 unspecified atom stereocenters. The highest BCUT2D eigenvalue weighted by molar-refractivity contribution is 5.94. The standard InChI is InChI=1S/C17H16F3NO4/c1-24-15(22)8-9-21(11-14-3-2-10-25-14)16(23)12-4-6-13(7-5-12)17(18,19)20/h2-7,10H,8-9,11H2,1H3. The number of carbonyl (C=O) groups is 2. The van der Waals surface area contributed by atoms with Crippen molar-refractivity contribution in [3.63, 3.8) is 0 Å². The number of esters is 1. The molecule has 0 N–H and O–H groups in total. The predicted molar refractivity (Wildman–Crippen MR) is 81.5 cm³/mol. The number of halogens is 3. The van der Waals surface area contributed by atoms with Crippen LogP contribution in [0.4, 0.5) is 13.2 Å². The minimum absolute atomic E-state index is 0.0381. The Morgan fingerprint density at radius 2 is 1.84 bits per heavy atom. The van der Waals surface area contributed by atoms with Crippen molar-refractivity contribution in [2.24, 2.45) is 0 Å². The highest BCUT2D eigenvalue weighted by Gasteiger charge is 2.30. The minimum Gasteiger partial charge on any atom is -0.469 e. The lowest BCUT2D eigenvalue weighted by Crippen LogP contribution is -2.32. The number of benzene rings is 1. The zero-order valence-corrected chi connectivity index (χ0v) is 13.4. The van der Waals surface area contributed by atoms with Crippen LogP contribution in [0.25, 0.3) is 0 Å². The van der Waals surface area contributed by atoms with Crippen LogP contribution in [0, 0.1) is 0 Å². The lowest BCUT2D eigenvalue weighted by Gasteiger charge is -2.21. The van der Waals surface area contributed by atoms with E-state index < -0.39 is 23.6 Å². The van der Waals surface area contributed by atoms with Crippen molar-refractivity contribution in [2.75, 3.05) is 13.7 Å². The third-order valence-corrected chi connectivity index (χ3v) is 3.49. The van der Waals surface area contributed by atoms with E-state index in [1.165, 1.54) is 18.3 Å². The number of furan rings is 1. The van der Waals surface area contributed by atoms with Gasteiger partial charge in [-0.3, -0.25) is 9.59 Å². The van der Waals surface area contributed by atoms with Crippen LogP contribution in [0.3, 0.4) is 0 Å². The van der Waals surface area contributed by atoms with Crippen molar-refractivity contribution in [2.45, 2.75) is 19.1 Å². The van der Waals surface area contributed by atoms with E-state index in [1.54, 1.807) is 12.1 Å². The van der Waals surface area contributed by atoms with Gasteiger partial charge in [-0.1, -0.05) is 0 Å². The molecule has 0 aliphatic carbocycles. The zero-order valence-electron chi connectivity index (χ0n) is 13.4. The molecule has 0 spiro atoms. The summed E-state index contributed by atoms with van der Waals surface area (Å²) in [5.74, 6) is -0.510. The van der Waals surface area contributed by atoms with E-state index >= 15 is 0 Å². The van der Waals surface area contributed by atoms with Gasteiger partial charge in [0.25, 0.3) is 5.91 Å². The number of methoxy groups -OCH3 is 1. The molecule has 0 fully saturated rings. The predicted octanol–water partition coefficient (Wildman–Crippen LogP) is 3.50. The number of hydrogen-bond acceptors (Lipinski definition) is 4. The van der Waals surface area contributed by atoms with Gasteiger partial charge in [0.2, 0.25) is 0 Å². The van der Waals surface area contributed by atoms with Crippen molar-refractivity contribution in [3.05, 3.63) is 59.5 Å². The average molecular weight is 355 g/mol. The smallest absolute Gasteiger partial charge is 0.416 e. The molecule has 8 heteroatoms. The van der Waals surface area contributed by atoms with Gasteiger partial charge in [0.15, 0.2) is 0 Å². The van der Waals surface area contributed by atoms with Crippen molar-refractivity contribution in [1.82, 2.24) is 4.90 Å². The number of amides is 1. The quantitative estimate of drug-likeness (QED) is 0.744. The molecule has 5 nitrogen and oxygen atoms in total. The van der Waals surface area contributed by atoms with Crippen LogP contribution in [-0.2, 0) is 22.3 Å². The molecule has 1 amide bonds. The van der Waals surface area contributed by atoms with Gasteiger partial charge in [0.1, 0.15) is 5.76 Å². The summed E-state index contributed by atoms with van der Waals surface area (Å²) in [6.45, 7) is 0.136. The second kappa shape index (κ2) is 7.87. The van der Waals surface area contributed by atoms with Gasteiger partial charge in [-0.15, -0.1) is 0 Å². The average Bonchev–Trinajstić information content (AvgIpc) is 3.10. The summed E-state index contributed by atoms with van der Waals surface area (Å²) in [5.41, 5.74) is -0.749. The van der Waals surface area contributed by atoms with Crippen molar-refractivity contribution < 1.29 is 31.9 Å². The molecule has 0 atom stereocenters. The Morgan fingerprint density at radius 3 is 2.36 bits per heavy atom. The first-order chi connectivity index (χ1) is 11.8. The van der Waals surface area contributed by atoms with Crippen LogP contribution >= 0.6 is 0 Å². The molecular weight excluding hydrogens is 339 g/mol. The molecule has 1 aromatic heterocycles. The number of ether oxygens (including phenoxy) is 1. The number of rotatable bonds is 6. The van der Waals surface area contributed by atoms with Gasteiger partial charge in [-0.05, 0) is 36.4 Å². The van der Waals surface area contributed by atoms with Gasteiger partial charge in [0, 0.05) is 12.1 Å². The molecule has 1 heterocycles. The van der Waals surface area contributed by atoms with Crippen LogP contribution in [0.15, 0.2) is 47.1 Å². The summed E-state index contributed by atoms with van der Waals surface area (Å²) in [6.07, 6.45) is -3.07. The summed E-state index contributed by atoms with van der Waals surface area (Å²) >= 11 is 0. The zero-order chi connectivity index (χ0) is 18.4. The fourth-order valence-corrected chi connectivity index (χ4v) is 2.16. The monoisotopic (exact) mass is 355 g/mol. The largest absolute Gasteiger partial charge is 0.469 e. The van der Waals surface area contributed by atoms with Crippen molar-refractivity contribution >= 4 is 11.9 Å². The molecule has 134 valence electrons. The van der Waals surface area contributed by atoms with E-state index in [9.17, 15) is 22.8 Å². The van der Waals surface area contributed by atoms with E-state index in [0.717, 1.165) is 24.3 Å².